The molecule has 0 saturated heterocycles. The molecule has 0 aromatic rings. The van der Waals surface area contributed by atoms with Crippen molar-refractivity contribution in [3.05, 3.63) is 0 Å². The fraction of sp³-hybridized carbons (Fsp3) is 0.667. The van der Waals surface area contributed by atoms with E-state index in [4.69, 9.17) is 0 Å². The minimum absolute atomic E-state index is 0.0317. The van der Waals surface area contributed by atoms with Crippen LogP contribution in [0.5, 0.6) is 0 Å². The number of nitrogens with one attached hydrogen (secondary N) is 2. The summed E-state index contributed by atoms with van der Waals surface area (Å²) in [4.78, 5) is 70.9. The van der Waals surface area contributed by atoms with Crippen LogP contribution < -0.4 is 10.6 Å². The van der Waals surface area contributed by atoms with Crippen LogP contribution in [0, 0.1) is 0 Å². The third-order valence-electron chi connectivity index (χ3n) is 3.73. The van der Waals surface area contributed by atoms with E-state index in [1.54, 1.807) is 6.92 Å². The second-order valence-electron chi connectivity index (χ2n) is 6.27. The Morgan fingerprint density at radius 3 is 1.74 bits per heavy atom. The van der Waals surface area contributed by atoms with Gasteiger partial charge in [0.25, 0.3) is 0 Å². The first kappa shape index (κ1) is 24.6. The maximum Gasteiger partial charge on any atom is 0.239 e. The van der Waals surface area contributed by atoms with Gasteiger partial charge in [0, 0.05) is 39.2 Å². The fourth-order valence-electron chi connectivity index (χ4n) is 2.12. The molecule has 9 nitrogen and oxygen atoms in total. The van der Waals surface area contributed by atoms with E-state index in [2.05, 4.69) is 10.6 Å². The predicted molar refractivity (Wildman–Crippen MR) is 98.0 cm³/mol. The molecular formula is C18H29N3O6. The lowest BCUT2D eigenvalue weighted by Gasteiger charge is -2.20. The molecule has 0 aliphatic rings. The normalized spacial score (nSPS) is 10.4. The Morgan fingerprint density at radius 1 is 0.741 bits per heavy atom. The molecule has 0 spiro atoms. The van der Waals surface area contributed by atoms with Crippen molar-refractivity contribution in [2.24, 2.45) is 0 Å². The van der Waals surface area contributed by atoms with Crippen molar-refractivity contribution in [1.29, 1.82) is 0 Å². The lowest BCUT2D eigenvalue weighted by Crippen LogP contribution is -2.44. The molecule has 2 amide bonds. The van der Waals surface area contributed by atoms with Gasteiger partial charge in [-0.3, -0.25) is 28.9 Å². The number of rotatable bonds is 15. The monoisotopic (exact) mass is 383 g/mol. The molecule has 0 rings (SSSR count). The Balaban J connectivity index is 4.72. The SMILES string of the molecule is CCC(=O)CCC(=O)CN(CC(=O)CCC(C)=O)CC(=O)NCC(=O)NC. The van der Waals surface area contributed by atoms with Gasteiger partial charge in [-0.2, -0.15) is 0 Å². The van der Waals surface area contributed by atoms with E-state index in [-0.39, 0.29) is 80.9 Å². The number of carbonyl (C=O) groups is 6. The van der Waals surface area contributed by atoms with Gasteiger partial charge in [0.1, 0.15) is 23.1 Å². The average Bonchev–Trinajstić information content (AvgIpc) is 2.62. The van der Waals surface area contributed by atoms with Gasteiger partial charge in [-0.05, 0) is 6.92 Å². The Hall–Kier alpha value is -2.42. The molecule has 27 heavy (non-hydrogen) atoms. The number of hydrogen-bond acceptors (Lipinski definition) is 7. The van der Waals surface area contributed by atoms with Crippen molar-refractivity contribution in [2.45, 2.75) is 46.0 Å². The molecule has 0 aromatic heterocycles. The average molecular weight is 383 g/mol. The molecule has 152 valence electrons. The summed E-state index contributed by atoms with van der Waals surface area (Å²) < 4.78 is 0. The van der Waals surface area contributed by atoms with Crippen molar-refractivity contribution in [3.8, 4) is 0 Å². The van der Waals surface area contributed by atoms with E-state index in [0.29, 0.717) is 6.42 Å². The number of Topliss-reactive ketones (excluding diaryl/α,β-unsaturated/α-hetero) is 4. The van der Waals surface area contributed by atoms with Gasteiger partial charge in [0.05, 0.1) is 26.2 Å². The second-order valence-corrected chi connectivity index (χ2v) is 6.27. The summed E-state index contributed by atoms with van der Waals surface area (Å²) in [5, 5.41) is 4.76. The molecule has 0 radical (unpaired) electrons. The van der Waals surface area contributed by atoms with Gasteiger partial charge >= 0.3 is 0 Å². The minimum Gasteiger partial charge on any atom is -0.358 e. The van der Waals surface area contributed by atoms with Crippen LogP contribution in [0.4, 0.5) is 0 Å². The van der Waals surface area contributed by atoms with Crippen LogP contribution in [0.25, 0.3) is 0 Å². The van der Waals surface area contributed by atoms with Gasteiger partial charge in [0.2, 0.25) is 11.8 Å². The number of amides is 2. The quantitative estimate of drug-likeness (QED) is 0.387. The van der Waals surface area contributed by atoms with Crippen LogP contribution in [-0.2, 0) is 28.8 Å². The molecule has 0 atom stereocenters. The van der Waals surface area contributed by atoms with Crippen molar-refractivity contribution >= 4 is 34.9 Å². The van der Waals surface area contributed by atoms with Crippen molar-refractivity contribution in [2.75, 3.05) is 33.2 Å². The van der Waals surface area contributed by atoms with E-state index >= 15 is 0 Å². The second kappa shape index (κ2) is 13.7. The van der Waals surface area contributed by atoms with Gasteiger partial charge in [0.15, 0.2) is 0 Å². The Morgan fingerprint density at radius 2 is 1.26 bits per heavy atom. The van der Waals surface area contributed by atoms with E-state index in [1.807, 2.05) is 0 Å². The van der Waals surface area contributed by atoms with Gasteiger partial charge in [-0.25, -0.2) is 0 Å². The van der Waals surface area contributed by atoms with E-state index in [1.165, 1.54) is 18.9 Å². The van der Waals surface area contributed by atoms with Crippen LogP contribution in [0.3, 0.4) is 0 Å². The highest BCUT2D eigenvalue weighted by Gasteiger charge is 2.19. The van der Waals surface area contributed by atoms with Gasteiger partial charge in [-0.15, -0.1) is 0 Å². The van der Waals surface area contributed by atoms with E-state index in [9.17, 15) is 28.8 Å². The predicted octanol–water partition coefficient (Wildman–Crippen LogP) is -0.583. The molecule has 0 unspecified atom stereocenters. The van der Waals surface area contributed by atoms with Crippen molar-refractivity contribution in [1.82, 2.24) is 15.5 Å². The first-order chi connectivity index (χ1) is 12.7. The molecule has 0 heterocycles. The standard InChI is InChI=1S/C18H29N3O6/c1-4-14(23)7-8-16(25)11-21(10-15(24)6-5-13(2)22)12-18(27)20-9-17(26)19-3/h4-12H2,1-3H3,(H,19,26)(H,20,27). The molecule has 2 N–H and O–H groups in total. The number of hydrogen-bond donors (Lipinski definition) is 2. The summed E-state index contributed by atoms with van der Waals surface area (Å²) in [5.41, 5.74) is 0. The number of carbonyl (C=O) groups excluding carboxylic acids is 6. The molecular weight excluding hydrogens is 354 g/mol. The van der Waals surface area contributed by atoms with E-state index < -0.39 is 5.91 Å². The highest BCUT2D eigenvalue weighted by atomic mass is 16.2. The third kappa shape index (κ3) is 13.4. The lowest BCUT2D eigenvalue weighted by molar-refractivity contribution is -0.130. The summed E-state index contributed by atoms with van der Waals surface area (Å²) in [6.07, 6.45) is 0.667. The number of ketones is 4. The van der Waals surface area contributed by atoms with Crippen LogP contribution in [0.1, 0.15) is 46.0 Å². The molecule has 0 aliphatic carbocycles. The van der Waals surface area contributed by atoms with Gasteiger partial charge < -0.3 is 15.4 Å². The first-order valence-electron chi connectivity index (χ1n) is 8.92. The topological polar surface area (TPSA) is 130 Å². The lowest BCUT2D eigenvalue weighted by atomic mass is 10.1. The van der Waals surface area contributed by atoms with Crippen LogP contribution in [0.15, 0.2) is 0 Å². The number of nitrogens with zero attached hydrogens (tertiary/aromatic N) is 1. The smallest absolute Gasteiger partial charge is 0.239 e. The molecule has 0 aromatic carbocycles. The van der Waals surface area contributed by atoms with Crippen LogP contribution in [0.2, 0.25) is 0 Å². The summed E-state index contributed by atoms with van der Waals surface area (Å²) in [6, 6.07) is 0. The van der Waals surface area contributed by atoms with Crippen molar-refractivity contribution in [3.63, 3.8) is 0 Å². The Bertz CT molecular complexity index is 539. The van der Waals surface area contributed by atoms with Crippen LogP contribution in [-0.4, -0.2) is 73.1 Å². The summed E-state index contributed by atoms with van der Waals surface area (Å²) >= 11 is 0. The van der Waals surface area contributed by atoms with E-state index in [0.717, 1.165) is 0 Å². The molecule has 0 saturated carbocycles. The highest BCUT2D eigenvalue weighted by molar-refractivity contribution is 5.90. The summed E-state index contributed by atoms with van der Waals surface area (Å²) in [6.45, 7) is 2.33. The maximum atomic E-state index is 12.1. The van der Waals surface area contributed by atoms with Crippen molar-refractivity contribution < 1.29 is 28.8 Å². The molecule has 0 fully saturated rings. The Labute approximate surface area is 159 Å². The fourth-order valence-corrected chi connectivity index (χ4v) is 2.12. The maximum absolute atomic E-state index is 12.1. The molecule has 9 heteroatoms. The van der Waals surface area contributed by atoms with Gasteiger partial charge in [-0.1, -0.05) is 6.92 Å². The molecule has 0 aliphatic heterocycles. The minimum atomic E-state index is -0.504. The zero-order valence-electron chi connectivity index (χ0n) is 16.3. The Kier molecular flexibility index (Phi) is 12.5. The third-order valence-corrected chi connectivity index (χ3v) is 3.73. The summed E-state index contributed by atoms with van der Waals surface area (Å²) in [5.74, 6) is -1.54. The highest BCUT2D eigenvalue weighted by Crippen LogP contribution is 2.01. The zero-order valence-corrected chi connectivity index (χ0v) is 16.3. The van der Waals surface area contributed by atoms with Crippen LogP contribution >= 0.6 is 0 Å². The summed E-state index contributed by atoms with van der Waals surface area (Å²) in [7, 11) is 1.44. The number of likely N-dealkylation sites (N-methyl/N-ethyl adjacent to an activating group) is 1. The molecule has 0 bridgehead atoms. The zero-order chi connectivity index (χ0) is 20.8. The largest absolute Gasteiger partial charge is 0.358 e. The first-order valence-corrected chi connectivity index (χ1v) is 8.92.